The number of piperidine rings is 1. The van der Waals surface area contributed by atoms with Crippen LogP contribution in [0.3, 0.4) is 0 Å². The van der Waals surface area contributed by atoms with E-state index in [-0.39, 0.29) is 12.1 Å². The third kappa shape index (κ3) is 6.20. The van der Waals surface area contributed by atoms with Crippen molar-refractivity contribution in [2.75, 3.05) is 19.6 Å². The standard InChI is InChI=1S/C18H29N3O2/c1-2-3-10-19-18(23)20-13-15-6-4-5-7-16(15)14-21-11-8-17(22)9-12-21/h4-7,17,22H,2-3,8-14H2,1H3,(H2,19,20,23). The molecule has 5 nitrogen and oxygen atoms in total. The molecule has 2 rings (SSSR count). The zero-order chi connectivity index (χ0) is 16.5. The highest BCUT2D eigenvalue weighted by molar-refractivity contribution is 5.73. The molecule has 3 N–H and O–H groups in total. The number of aliphatic hydroxyl groups is 1. The number of benzene rings is 1. The quantitative estimate of drug-likeness (QED) is 0.675. The summed E-state index contributed by atoms with van der Waals surface area (Å²) in [6.07, 6.45) is 3.63. The molecular formula is C18H29N3O2. The fourth-order valence-corrected chi connectivity index (χ4v) is 2.82. The predicted molar refractivity (Wildman–Crippen MR) is 92.1 cm³/mol. The number of nitrogens with one attached hydrogen (secondary N) is 2. The topological polar surface area (TPSA) is 64.6 Å². The van der Waals surface area contributed by atoms with Crippen LogP contribution in [0.2, 0.25) is 0 Å². The molecule has 1 heterocycles. The molecule has 1 aromatic carbocycles. The summed E-state index contributed by atoms with van der Waals surface area (Å²) in [5.74, 6) is 0. The van der Waals surface area contributed by atoms with Gasteiger partial charge >= 0.3 is 6.03 Å². The number of carbonyl (C=O) groups is 1. The van der Waals surface area contributed by atoms with Crippen molar-refractivity contribution < 1.29 is 9.90 Å². The summed E-state index contributed by atoms with van der Waals surface area (Å²) in [5.41, 5.74) is 2.40. The van der Waals surface area contributed by atoms with Crippen molar-refractivity contribution in [3.05, 3.63) is 35.4 Å². The summed E-state index contributed by atoms with van der Waals surface area (Å²) in [5, 5.41) is 15.4. The molecular weight excluding hydrogens is 290 g/mol. The number of amides is 2. The minimum absolute atomic E-state index is 0.102. The largest absolute Gasteiger partial charge is 0.393 e. The highest BCUT2D eigenvalue weighted by Crippen LogP contribution is 2.16. The molecule has 0 atom stereocenters. The van der Waals surface area contributed by atoms with Gasteiger partial charge in [0.15, 0.2) is 0 Å². The Kier molecular flexibility index (Phi) is 7.36. The normalized spacial score (nSPS) is 16.3. The van der Waals surface area contributed by atoms with Gasteiger partial charge in [0.1, 0.15) is 0 Å². The molecule has 0 radical (unpaired) electrons. The van der Waals surface area contributed by atoms with Gasteiger partial charge in [0, 0.05) is 32.7 Å². The average molecular weight is 319 g/mol. The number of likely N-dealkylation sites (tertiary alicyclic amines) is 1. The first kappa shape index (κ1) is 17.8. The Morgan fingerprint density at radius 2 is 1.91 bits per heavy atom. The fourth-order valence-electron chi connectivity index (χ4n) is 2.82. The van der Waals surface area contributed by atoms with Crippen LogP contribution in [0.5, 0.6) is 0 Å². The van der Waals surface area contributed by atoms with E-state index in [0.29, 0.717) is 6.54 Å². The third-order valence-electron chi connectivity index (χ3n) is 4.32. The zero-order valence-electron chi connectivity index (χ0n) is 14.1. The third-order valence-corrected chi connectivity index (χ3v) is 4.32. The SMILES string of the molecule is CCCCNC(=O)NCc1ccccc1CN1CCC(O)CC1. The molecule has 0 bridgehead atoms. The molecule has 0 aromatic heterocycles. The van der Waals surface area contributed by atoms with Crippen LogP contribution in [-0.2, 0) is 13.1 Å². The molecule has 0 saturated carbocycles. The highest BCUT2D eigenvalue weighted by atomic mass is 16.3. The maximum Gasteiger partial charge on any atom is 0.315 e. The minimum Gasteiger partial charge on any atom is -0.393 e. The van der Waals surface area contributed by atoms with Crippen LogP contribution in [0.1, 0.15) is 43.7 Å². The van der Waals surface area contributed by atoms with Crippen LogP contribution < -0.4 is 10.6 Å². The van der Waals surface area contributed by atoms with Crippen molar-refractivity contribution in [2.45, 2.75) is 51.8 Å². The molecule has 1 aliphatic rings. The lowest BCUT2D eigenvalue weighted by Crippen LogP contribution is -2.37. The Labute approximate surface area is 139 Å². The van der Waals surface area contributed by atoms with Gasteiger partial charge in [-0.05, 0) is 30.4 Å². The van der Waals surface area contributed by atoms with Crippen LogP contribution in [-0.4, -0.2) is 41.8 Å². The lowest BCUT2D eigenvalue weighted by molar-refractivity contribution is 0.0791. The number of nitrogens with zero attached hydrogens (tertiary/aromatic N) is 1. The molecule has 0 unspecified atom stereocenters. The summed E-state index contributed by atoms with van der Waals surface area (Å²) >= 11 is 0. The lowest BCUT2D eigenvalue weighted by atomic mass is 10.0. The van der Waals surface area contributed by atoms with Crippen molar-refractivity contribution >= 4 is 6.03 Å². The number of rotatable bonds is 7. The van der Waals surface area contributed by atoms with Crippen molar-refractivity contribution in [1.82, 2.24) is 15.5 Å². The maximum atomic E-state index is 11.8. The molecule has 1 fully saturated rings. The number of hydrogen-bond donors (Lipinski definition) is 3. The second-order valence-corrected chi connectivity index (χ2v) is 6.24. The van der Waals surface area contributed by atoms with E-state index in [0.717, 1.165) is 57.4 Å². The lowest BCUT2D eigenvalue weighted by Gasteiger charge is -2.30. The predicted octanol–water partition coefficient (Wildman–Crippen LogP) is 2.24. The van der Waals surface area contributed by atoms with Gasteiger partial charge < -0.3 is 15.7 Å². The van der Waals surface area contributed by atoms with Gasteiger partial charge in [0.2, 0.25) is 0 Å². The van der Waals surface area contributed by atoms with E-state index in [1.54, 1.807) is 0 Å². The van der Waals surface area contributed by atoms with E-state index in [4.69, 9.17) is 0 Å². The Morgan fingerprint density at radius 3 is 2.61 bits per heavy atom. The maximum absolute atomic E-state index is 11.8. The van der Waals surface area contributed by atoms with Crippen molar-refractivity contribution in [2.24, 2.45) is 0 Å². The van der Waals surface area contributed by atoms with E-state index < -0.39 is 0 Å². The van der Waals surface area contributed by atoms with Crippen LogP contribution in [0.15, 0.2) is 24.3 Å². The Balaban J connectivity index is 1.83. The van der Waals surface area contributed by atoms with Crippen molar-refractivity contribution in [3.63, 3.8) is 0 Å². The van der Waals surface area contributed by atoms with Crippen molar-refractivity contribution in [3.8, 4) is 0 Å². The van der Waals surface area contributed by atoms with Gasteiger partial charge in [-0.15, -0.1) is 0 Å². The smallest absolute Gasteiger partial charge is 0.315 e. The van der Waals surface area contributed by atoms with E-state index in [9.17, 15) is 9.90 Å². The molecule has 128 valence electrons. The Morgan fingerprint density at radius 1 is 1.22 bits per heavy atom. The number of urea groups is 1. The van der Waals surface area contributed by atoms with Crippen LogP contribution in [0.25, 0.3) is 0 Å². The number of carbonyl (C=O) groups excluding carboxylic acids is 1. The summed E-state index contributed by atoms with van der Waals surface area (Å²) in [6.45, 7) is 6.11. The Hall–Kier alpha value is -1.59. The average Bonchev–Trinajstić information content (AvgIpc) is 2.56. The first-order valence-corrected chi connectivity index (χ1v) is 8.68. The van der Waals surface area contributed by atoms with Gasteiger partial charge in [0.05, 0.1) is 6.10 Å². The van der Waals surface area contributed by atoms with Crippen molar-refractivity contribution in [1.29, 1.82) is 0 Å². The first-order chi connectivity index (χ1) is 11.2. The van der Waals surface area contributed by atoms with Gasteiger partial charge in [-0.2, -0.15) is 0 Å². The molecule has 5 heteroatoms. The fraction of sp³-hybridized carbons (Fsp3) is 0.611. The van der Waals surface area contributed by atoms with E-state index >= 15 is 0 Å². The molecule has 2 amide bonds. The van der Waals surface area contributed by atoms with Gasteiger partial charge in [-0.1, -0.05) is 37.6 Å². The van der Waals surface area contributed by atoms with Crippen LogP contribution in [0, 0.1) is 0 Å². The summed E-state index contributed by atoms with van der Waals surface area (Å²) in [6, 6.07) is 8.14. The second kappa shape index (κ2) is 9.53. The summed E-state index contributed by atoms with van der Waals surface area (Å²) in [7, 11) is 0. The first-order valence-electron chi connectivity index (χ1n) is 8.68. The summed E-state index contributed by atoms with van der Waals surface area (Å²) < 4.78 is 0. The van der Waals surface area contributed by atoms with Gasteiger partial charge in [-0.25, -0.2) is 4.79 Å². The second-order valence-electron chi connectivity index (χ2n) is 6.24. The zero-order valence-corrected chi connectivity index (χ0v) is 14.1. The van der Waals surface area contributed by atoms with Gasteiger partial charge in [0.25, 0.3) is 0 Å². The summed E-state index contributed by atoms with van der Waals surface area (Å²) in [4.78, 5) is 14.1. The molecule has 1 aliphatic heterocycles. The van der Waals surface area contributed by atoms with Crippen LogP contribution >= 0.6 is 0 Å². The molecule has 1 saturated heterocycles. The molecule has 0 aliphatic carbocycles. The number of hydrogen-bond acceptors (Lipinski definition) is 3. The van der Waals surface area contributed by atoms with Crippen LogP contribution in [0.4, 0.5) is 4.79 Å². The van der Waals surface area contributed by atoms with E-state index in [1.165, 1.54) is 5.56 Å². The van der Waals surface area contributed by atoms with E-state index in [1.807, 2.05) is 12.1 Å². The monoisotopic (exact) mass is 319 g/mol. The van der Waals surface area contributed by atoms with E-state index in [2.05, 4.69) is 34.6 Å². The number of unbranched alkanes of at least 4 members (excludes halogenated alkanes) is 1. The number of aliphatic hydroxyl groups excluding tert-OH is 1. The Bertz CT molecular complexity index is 485. The highest BCUT2D eigenvalue weighted by Gasteiger charge is 2.17. The molecule has 23 heavy (non-hydrogen) atoms. The molecule has 1 aromatic rings. The minimum atomic E-state index is -0.144. The van der Waals surface area contributed by atoms with Gasteiger partial charge in [-0.3, -0.25) is 4.90 Å². The molecule has 0 spiro atoms.